The lowest BCUT2D eigenvalue weighted by Gasteiger charge is -2.21. The predicted octanol–water partition coefficient (Wildman–Crippen LogP) is 1.97. The number of likely N-dealkylation sites (N-methyl/N-ethyl adjacent to an activating group) is 1. The Labute approximate surface area is 131 Å². The zero-order valence-corrected chi connectivity index (χ0v) is 14.5. The average molecular weight is 332 g/mol. The third-order valence-corrected chi connectivity index (χ3v) is 7.36. The van der Waals surface area contributed by atoms with Gasteiger partial charge in [0.1, 0.15) is 4.21 Å². The average Bonchev–Trinajstić information content (AvgIpc) is 3.08. The van der Waals surface area contributed by atoms with Crippen molar-refractivity contribution in [3.63, 3.8) is 0 Å². The summed E-state index contributed by atoms with van der Waals surface area (Å²) in [5.74, 6) is 0. The summed E-state index contributed by atoms with van der Waals surface area (Å²) >= 11 is 1.37. The van der Waals surface area contributed by atoms with E-state index >= 15 is 0 Å². The largest absolute Gasteiger partial charge is 0.380 e. The summed E-state index contributed by atoms with van der Waals surface area (Å²) in [4.78, 5) is 1.10. The molecule has 1 aliphatic heterocycles. The van der Waals surface area contributed by atoms with Gasteiger partial charge >= 0.3 is 0 Å². The predicted molar refractivity (Wildman–Crippen MR) is 85.2 cm³/mol. The van der Waals surface area contributed by atoms with Crippen LogP contribution in [-0.4, -0.2) is 45.6 Å². The van der Waals surface area contributed by atoms with E-state index in [1.54, 1.807) is 13.1 Å². The highest BCUT2D eigenvalue weighted by molar-refractivity contribution is 7.91. The number of thiophene rings is 1. The highest BCUT2D eigenvalue weighted by atomic mass is 32.2. The second kappa shape index (κ2) is 7.19. The van der Waals surface area contributed by atoms with Crippen LogP contribution < -0.4 is 5.32 Å². The Kier molecular flexibility index (Phi) is 5.79. The minimum atomic E-state index is -3.41. The Hall–Kier alpha value is -0.470. The molecule has 1 unspecified atom stereocenters. The van der Waals surface area contributed by atoms with Gasteiger partial charge in [-0.3, -0.25) is 0 Å². The molecule has 2 heterocycles. The van der Waals surface area contributed by atoms with Crippen LogP contribution in [0, 0.1) is 6.92 Å². The maximum absolute atomic E-state index is 12.7. The standard InChI is InChI=1S/C14H24N2O3S2/c1-4-6-15-9-13-11(2)8-14(20-13)21(17,18)16(3)12-5-7-19-10-12/h8,12,15H,4-7,9-10H2,1-3H3. The molecule has 1 N–H and O–H groups in total. The SMILES string of the molecule is CCCNCc1sc(S(=O)(=O)N(C)C2CCOC2)cc1C. The second-order valence-corrected chi connectivity index (χ2v) is 8.75. The van der Waals surface area contributed by atoms with Crippen molar-refractivity contribution in [2.75, 3.05) is 26.8 Å². The molecule has 0 aliphatic carbocycles. The number of nitrogens with one attached hydrogen (secondary N) is 1. The van der Waals surface area contributed by atoms with E-state index in [0.717, 1.165) is 36.4 Å². The van der Waals surface area contributed by atoms with Gasteiger partial charge in [0, 0.05) is 25.1 Å². The van der Waals surface area contributed by atoms with Crippen LogP contribution in [0.4, 0.5) is 0 Å². The van der Waals surface area contributed by atoms with E-state index in [2.05, 4.69) is 12.2 Å². The van der Waals surface area contributed by atoms with Crippen LogP contribution in [0.3, 0.4) is 0 Å². The van der Waals surface area contributed by atoms with Crippen LogP contribution in [0.2, 0.25) is 0 Å². The Morgan fingerprint density at radius 1 is 1.52 bits per heavy atom. The van der Waals surface area contributed by atoms with Gasteiger partial charge in [-0.1, -0.05) is 6.92 Å². The Morgan fingerprint density at radius 2 is 2.29 bits per heavy atom. The van der Waals surface area contributed by atoms with Gasteiger partial charge in [0.15, 0.2) is 0 Å². The molecule has 2 rings (SSSR count). The lowest BCUT2D eigenvalue weighted by atomic mass is 10.3. The maximum atomic E-state index is 12.7. The molecule has 120 valence electrons. The molecule has 0 saturated carbocycles. The minimum absolute atomic E-state index is 0.0425. The zero-order chi connectivity index (χ0) is 15.5. The fourth-order valence-corrected chi connectivity index (χ4v) is 5.43. The molecule has 1 aromatic heterocycles. The number of hydrogen-bond donors (Lipinski definition) is 1. The zero-order valence-electron chi connectivity index (χ0n) is 12.9. The van der Waals surface area contributed by atoms with Crippen molar-refractivity contribution in [1.82, 2.24) is 9.62 Å². The normalized spacial score (nSPS) is 19.5. The third kappa shape index (κ3) is 3.84. The van der Waals surface area contributed by atoms with E-state index in [4.69, 9.17) is 4.74 Å². The molecule has 0 amide bonds. The number of hydrogen-bond acceptors (Lipinski definition) is 5. The van der Waals surface area contributed by atoms with Crippen LogP contribution >= 0.6 is 11.3 Å². The molecule has 0 aromatic carbocycles. The molecule has 0 bridgehead atoms. The van der Waals surface area contributed by atoms with Gasteiger partial charge in [-0.15, -0.1) is 11.3 Å². The Balaban J connectivity index is 2.14. The van der Waals surface area contributed by atoms with Gasteiger partial charge in [0.25, 0.3) is 10.0 Å². The summed E-state index contributed by atoms with van der Waals surface area (Å²) in [6.07, 6.45) is 1.84. The van der Waals surface area contributed by atoms with Crippen LogP contribution in [0.25, 0.3) is 0 Å². The summed E-state index contributed by atoms with van der Waals surface area (Å²) < 4.78 is 32.5. The van der Waals surface area contributed by atoms with Crippen LogP contribution in [0.15, 0.2) is 10.3 Å². The summed E-state index contributed by atoms with van der Waals surface area (Å²) in [7, 11) is -1.76. The fourth-order valence-electron chi connectivity index (χ4n) is 2.32. The fraction of sp³-hybridized carbons (Fsp3) is 0.714. The molecule has 0 spiro atoms. The first-order valence-corrected chi connectivity index (χ1v) is 9.58. The summed E-state index contributed by atoms with van der Waals surface area (Å²) in [6.45, 7) is 6.89. The van der Waals surface area contributed by atoms with Crippen molar-refractivity contribution in [2.24, 2.45) is 0 Å². The molecule has 1 aromatic rings. The van der Waals surface area contributed by atoms with Gasteiger partial charge in [-0.25, -0.2) is 8.42 Å². The van der Waals surface area contributed by atoms with Crippen molar-refractivity contribution >= 4 is 21.4 Å². The van der Waals surface area contributed by atoms with E-state index in [9.17, 15) is 8.42 Å². The first-order valence-electron chi connectivity index (χ1n) is 7.32. The number of ether oxygens (including phenoxy) is 1. The van der Waals surface area contributed by atoms with Gasteiger partial charge < -0.3 is 10.1 Å². The number of rotatable bonds is 7. The lowest BCUT2D eigenvalue weighted by molar-refractivity contribution is 0.181. The van der Waals surface area contributed by atoms with Crippen molar-refractivity contribution in [1.29, 1.82) is 0 Å². The van der Waals surface area contributed by atoms with E-state index in [0.29, 0.717) is 17.4 Å². The van der Waals surface area contributed by atoms with Gasteiger partial charge in [0.05, 0.1) is 12.6 Å². The molecule has 21 heavy (non-hydrogen) atoms. The van der Waals surface area contributed by atoms with Crippen LogP contribution in [0.1, 0.15) is 30.2 Å². The quantitative estimate of drug-likeness (QED) is 0.776. The molecule has 7 heteroatoms. The summed E-state index contributed by atoms with van der Waals surface area (Å²) in [5, 5.41) is 3.32. The lowest BCUT2D eigenvalue weighted by Crippen LogP contribution is -2.36. The Bertz CT molecular complexity index is 563. The topological polar surface area (TPSA) is 58.6 Å². The summed E-state index contributed by atoms with van der Waals surface area (Å²) in [6, 6.07) is 1.74. The van der Waals surface area contributed by atoms with Crippen molar-refractivity contribution in [3.8, 4) is 0 Å². The van der Waals surface area contributed by atoms with Crippen LogP contribution in [-0.2, 0) is 21.3 Å². The number of aryl methyl sites for hydroxylation is 1. The molecule has 1 fully saturated rings. The molecular weight excluding hydrogens is 308 g/mol. The Morgan fingerprint density at radius 3 is 2.90 bits per heavy atom. The minimum Gasteiger partial charge on any atom is -0.380 e. The number of nitrogens with zero attached hydrogens (tertiary/aromatic N) is 1. The highest BCUT2D eigenvalue weighted by Gasteiger charge is 2.32. The van der Waals surface area contributed by atoms with E-state index in [1.807, 2.05) is 6.92 Å². The smallest absolute Gasteiger partial charge is 0.252 e. The molecular formula is C14H24N2O3S2. The van der Waals surface area contributed by atoms with Gasteiger partial charge in [0.2, 0.25) is 0 Å². The van der Waals surface area contributed by atoms with Crippen molar-refractivity contribution in [2.45, 2.75) is 43.5 Å². The van der Waals surface area contributed by atoms with E-state index in [1.165, 1.54) is 15.6 Å². The van der Waals surface area contributed by atoms with E-state index < -0.39 is 10.0 Å². The summed E-state index contributed by atoms with van der Waals surface area (Å²) in [5.41, 5.74) is 1.04. The first-order chi connectivity index (χ1) is 9.96. The molecule has 5 nitrogen and oxygen atoms in total. The maximum Gasteiger partial charge on any atom is 0.252 e. The number of sulfonamides is 1. The third-order valence-electron chi connectivity index (χ3n) is 3.76. The van der Waals surface area contributed by atoms with Crippen LogP contribution in [0.5, 0.6) is 0 Å². The molecule has 1 atom stereocenters. The van der Waals surface area contributed by atoms with E-state index in [-0.39, 0.29) is 6.04 Å². The monoisotopic (exact) mass is 332 g/mol. The molecule has 1 aliphatic rings. The van der Waals surface area contributed by atoms with Crippen molar-refractivity contribution in [3.05, 3.63) is 16.5 Å². The van der Waals surface area contributed by atoms with Gasteiger partial charge in [-0.05, 0) is 37.9 Å². The van der Waals surface area contributed by atoms with Crippen molar-refractivity contribution < 1.29 is 13.2 Å². The molecule has 0 radical (unpaired) electrons. The second-order valence-electron chi connectivity index (χ2n) is 5.39. The highest BCUT2D eigenvalue weighted by Crippen LogP contribution is 2.29. The van der Waals surface area contributed by atoms with Gasteiger partial charge in [-0.2, -0.15) is 4.31 Å². The molecule has 1 saturated heterocycles. The first kappa shape index (κ1) is 16.9.